The summed E-state index contributed by atoms with van der Waals surface area (Å²) in [6.07, 6.45) is 2.35. The Balaban J connectivity index is 1.40. The number of carboxylic acid groups (broad SMARTS) is 1. The second kappa shape index (κ2) is 11.1. The monoisotopic (exact) mass is 561 g/mol. The minimum Gasteiger partial charge on any atom is -0.491 e. The van der Waals surface area contributed by atoms with Crippen LogP contribution >= 0.6 is 0 Å². The lowest BCUT2D eigenvalue weighted by Crippen LogP contribution is -2.28. The van der Waals surface area contributed by atoms with E-state index >= 15 is 0 Å². The minimum atomic E-state index is -3.71. The van der Waals surface area contributed by atoms with Gasteiger partial charge in [-0.05, 0) is 74.4 Å². The fourth-order valence-corrected chi connectivity index (χ4v) is 6.60. The minimum absolute atomic E-state index is 0.0145. The molecule has 208 valence electrons. The summed E-state index contributed by atoms with van der Waals surface area (Å²) in [5.74, 6) is -0.833. The van der Waals surface area contributed by atoms with E-state index in [4.69, 9.17) is 4.74 Å². The normalized spacial score (nSPS) is 15.9. The number of sulfonamides is 1. The van der Waals surface area contributed by atoms with E-state index in [1.165, 1.54) is 4.31 Å². The van der Waals surface area contributed by atoms with Crippen LogP contribution in [0.5, 0.6) is 5.75 Å². The number of aromatic nitrogens is 1. The molecule has 9 nitrogen and oxygen atoms in total. The molecule has 1 aliphatic heterocycles. The number of carbonyl (C=O) groups is 2. The molecule has 1 unspecified atom stereocenters. The zero-order chi connectivity index (χ0) is 28.4. The lowest BCUT2D eigenvalue weighted by atomic mass is 9.97. The summed E-state index contributed by atoms with van der Waals surface area (Å²) in [6, 6.07) is 20.7. The first-order valence-electron chi connectivity index (χ1n) is 13.1. The van der Waals surface area contributed by atoms with Crippen LogP contribution in [0.4, 0.5) is 5.69 Å². The van der Waals surface area contributed by atoms with Gasteiger partial charge in [0.05, 0.1) is 11.0 Å². The molecule has 1 atom stereocenters. The van der Waals surface area contributed by atoms with Gasteiger partial charge >= 0.3 is 5.97 Å². The number of carbonyl (C=O) groups excluding carboxylic acids is 1. The first-order valence-corrected chi connectivity index (χ1v) is 14.5. The topological polar surface area (TPSA) is 118 Å². The molecule has 1 aromatic heterocycles. The molecular weight excluding hydrogens is 530 g/mol. The molecule has 0 spiro atoms. The highest BCUT2D eigenvalue weighted by atomic mass is 32.2. The van der Waals surface area contributed by atoms with E-state index in [9.17, 15) is 23.1 Å². The SMILES string of the molecule is CC(C)Oc1ccc(S(=O)(=O)N2CCC(c3cn(CC(=O)O)c4cc(C(=O)Nc5ccccc5)ccc34)C2)cc1. The van der Waals surface area contributed by atoms with Gasteiger partial charge in [0.2, 0.25) is 10.0 Å². The van der Waals surface area contributed by atoms with Crippen LogP contribution in [-0.4, -0.2) is 53.5 Å². The smallest absolute Gasteiger partial charge is 0.323 e. The Morgan fingerprint density at radius 1 is 1.05 bits per heavy atom. The molecule has 2 heterocycles. The number of benzene rings is 3. The standard InChI is InChI=1S/C30H31N3O6S/c1-20(2)39-24-9-11-25(12-10-24)40(37,38)33-15-14-22(17-33)27-18-32(19-29(34)35)28-16-21(8-13-26(27)28)30(36)31-23-6-4-3-5-7-23/h3-13,16,18,20,22H,14-15,17,19H2,1-2H3,(H,31,36)(H,34,35). The van der Waals surface area contributed by atoms with Crippen molar-refractivity contribution in [3.8, 4) is 5.75 Å². The first-order chi connectivity index (χ1) is 19.1. The third-order valence-corrected chi connectivity index (χ3v) is 8.82. The zero-order valence-corrected chi connectivity index (χ0v) is 23.1. The lowest BCUT2D eigenvalue weighted by Gasteiger charge is -2.17. The highest BCUT2D eigenvalue weighted by Crippen LogP contribution is 2.36. The van der Waals surface area contributed by atoms with E-state index in [-0.39, 0.29) is 35.9 Å². The number of carboxylic acids is 1. The van der Waals surface area contributed by atoms with Crippen molar-refractivity contribution in [3.63, 3.8) is 0 Å². The maximum absolute atomic E-state index is 13.4. The van der Waals surface area contributed by atoms with E-state index in [0.29, 0.717) is 35.5 Å². The van der Waals surface area contributed by atoms with Crippen molar-refractivity contribution in [2.24, 2.45) is 0 Å². The largest absolute Gasteiger partial charge is 0.491 e. The molecule has 0 aliphatic carbocycles. The average Bonchev–Trinajstić information content (AvgIpc) is 3.55. The van der Waals surface area contributed by atoms with Gasteiger partial charge in [0, 0.05) is 47.4 Å². The van der Waals surface area contributed by atoms with Gasteiger partial charge in [-0.2, -0.15) is 4.31 Å². The third kappa shape index (κ3) is 5.73. The first kappa shape index (κ1) is 27.4. The maximum Gasteiger partial charge on any atom is 0.323 e. The number of aliphatic carboxylic acids is 1. The average molecular weight is 562 g/mol. The molecule has 5 rings (SSSR count). The number of hydrogen-bond donors (Lipinski definition) is 2. The van der Waals surface area contributed by atoms with Crippen LogP contribution in [0.1, 0.15) is 42.1 Å². The van der Waals surface area contributed by atoms with Gasteiger partial charge in [-0.15, -0.1) is 0 Å². The lowest BCUT2D eigenvalue weighted by molar-refractivity contribution is -0.137. The van der Waals surface area contributed by atoms with Gasteiger partial charge in [-0.1, -0.05) is 24.3 Å². The summed E-state index contributed by atoms with van der Waals surface area (Å²) in [6.45, 7) is 4.15. The second-order valence-electron chi connectivity index (χ2n) is 10.1. The number of nitrogens with zero attached hydrogens (tertiary/aromatic N) is 2. The van der Waals surface area contributed by atoms with Gasteiger partial charge in [0.1, 0.15) is 12.3 Å². The van der Waals surface area contributed by atoms with Crippen LogP contribution in [0.2, 0.25) is 0 Å². The van der Waals surface area contributed by atoms with Gasteiger partial charge < -0.3 is 19.7 Å². The molecule has 2 N–H and O–H groups in total. The molecule has 1 fully saturated rings. The molecule has 1 aliphatic rings. The van der Waals surface area contributed by atoms with Crippen molar-refractivity contribution in [1.29, 1.82) is 0 Å². The van der Waals surface area contributed by atoms with E-state index in [1.54, 1.807) is 59.3 Å². The molecule has 0 bridgehead atoms. The Bertz CT molecular complexity index is 1650. The van der Waals surface area contributed by atoms with Crippen molar-refractivity contribution >= 4 is 38.5 Å². The Morgan fingerprint density at radius 2 is 1.77 bits per heavy atom. The third-order valence-electron chi connectivity index (χ3n) is 6.94. The Morgan fingerprint density at radius 3 is 2.45 bits per heavy atom. The van der Waals surface area contributed by atoms with Crippen molar-refractivity contribution < 1.29 is 27.9 Å². The summed E-state index contributed by atoms with van der Waals surface area (Å²) in [7, 11) is -3.71. The van der Waals surface area contributed by atoms with E-state index in [1.807, 2.05) is 38.1 Å². The Labute approximate surface area is 233 Å². The van der Waals surface area contributed by atoms with E-state index < -0.39 is 16.0 Å². The predicted octanol–water partition coefficient (Wildman–Crippen LogP) is 4.94. The van der Waals surface area contributed by atoms with Crippen LogP contribution in [0.3, 0.4) is 0 Å². The summed E-state index contributed by atoms with van der Waals surface area (Å²) < 4.78 is 35.5. The number of anilines is 1. The fraction of sp³-hybridized carbons (Fsp3) is 0.267. The van der Waals surface area contributed by atoms with Crippen molar-refractivity contribution in [2.75, 3.05) is 18.4 Å². The summed E-state index contributed by atoms with van der Waals surface area (Å²) in [5, 5.41) is 13.2. The van der Waals surface area contributed by atoms with Crippen LogP contribution < -0.4 is 10.1 Å². The van der Waals surface area contributed by atoms with Crippen LogP contribution in [-0.2, 0) is 21.4 Å². The number of fused-ring (bicyclic) bond motifs is 1. The molecular formula is C30H31N3O6S. The number of hydrogen-bond acceptors (Lipinski definition) is 5. The van der Waals surface area contributed by atoms with Crippen LogP contribution in [0.15, 0.2) is 83.9 Å². The molecule has 3 aromatic carbocycles. The van der Waals surface area contributed by atoms with Gasteiger partial charge in [0.25, 0.3) is 5.91 Å². The van der Waals surface area contributed by atoms with Gasteiger partial charge in [-0.3, -0.25) is 9.59 Å². The molecule has 4 aromatic rings. The number of para-hydroxylation sites is 1. The highest BCUT2D eigenvalue weighted by Gasteiger charge is 2.34. The number of nitrogens with one attached hydrogen (secondary N) is 1. The number of amides is 1. The molecule has 1 saturated heterocycles. The number of rotatable bonds is 9. The van der Waals surface area contributed by atoms with Crippen molar-refractivity contribution in [3.05, 3.63) is 90.1 Å². The van der Waals surface area contributed by atoms with Gasteiger partial charge in [-0.25, -0.2) is 8.42 Å². The van der Waals surface area contributed by atoms with Gasteiger partial charge in [0.15, 0.2) is 0 Å². The zero-order valence-electron chi connectivity index (χ0n) is 22.3. The Kier molecular flexibility index (Phi) is 7.64. The molecule has 0 radical (unpaired) electrons. The second-order valence-corrected chi connectivity index (χ2v) is 12.1. The summed E-state index contributed by atoms with van der Waals surface area (Å²) in [5.41, 5.74) is 2.53. The van der Waals surface area contributed by atoms with Crippen LogP contribution in [0, 0.1) is 0 Å². The predicted molar refractivity (Wildman–Crippen MR) is 152 cm³/mol. The quantitative estimate of drug-likeness (QED) is 0.299. The fourth-order valence-electron chi connectivity index (χ4n) is 5.10. The number of ether oxygens (including phenoxy) is 1. The summed E-state index contributed by atoms with van der Waals surface area (Å²) in [4.78, 5) is 24.7. The van der Waals surface area contributed by atoms with E-state index in [2.05, 4.69) is 5.32 Å². The van der Waals surface area contributed by atoms with Crippen LogP contribution in [0.25, 0.3) is 10.9 Å². The molecule has 1 amide bonds. The highest BCUT2D eigenvalue weighted by molar-refractivity contribution is 7.89. The summed E-state index contributed by atoms with van der Waals surface area (Å²) >= 11 is 0. The van der Waals surface area contributed by atoms with E-state index in [0.717, 1.165) is 10.9 Å². The molecule has 10 heteroatoms. The molecule has 40 heavy (non-hydrogen) atoms. The van der Waals surface area contributed by atoms with Crippen molar-refractivity contribution in [2.45, 2.75) is 43.7 Å². The molecule has 0 saturated carbocycles. The maximum atomic E-state index is 13.4. The van der Waals surface area contributed by atoms with Crippen molar-refractivity contribution in [1.82, 2.24) is 8.87 Å². The Hall–Kier alpha value is -4.15.